The summed E-state index contributed by atoms with van der Waals surface area (Å²) in [6.45, 7) is 1.49. The van der Waals surface area contributed by atoms with E-state index in [-0.39, 0.29) is 36.7 Å². The number of carbonyl (C=O) groups excluding carboxylic acids is 2. The van der Waals surface area contributed by atoms with Crippen molar-refractivity contribution in [3.05, 3.63) is 36.2 Å². The molecule has 40 heavy (non-hydrogen) atoms. The average molecular weight is 578 g/mol. The number of ether oxygens (including phenoxy) is 1. The van der Waals surface area contributed by atoms with Crippen molar-refractivity contribution >= 4 is 21.7 Å². The van der Waals surface area contributed by atoms with Gasteiger partial charge in [-0.1, -0.05) is 12.1 Å². The zero-order valence-corrected chi connectivity index (χ0v) is 22.5. The molecule has 2 aromatic rings. The van der Waals surface area contributed by atoms with Crippen molar-refractivity contribution in [1.82, 2.24) is 20.2 Å². The third-order valence-electron chi connectivity index (χ3n) is 7.94. The number of methoxy groups -OCH3 is 1. The highest BCUT2D eigenvalue weighted by Crippen LogP contribution is 2.60. The lowest BCUT2D eigenvalue weighted by atomic mass is 10.0. The molecule has 1 saturated heterocycles. The predicted molar refractivity (Wildman–Crippen MR) is 133 cm³/mol. The first kappa shape index (κ1) is 28.0. The SMILES string of the molecule is COc1ncc(-c2ccc(S(=O)(=O)[C@H]3CN[C@H](C(=O)N(C(=O)C4(C(F)(F)F)CC4)C4(C#N)CC4)C3)c(C)c2)cn1. The molecule has 212 valence electrons. The van der Waals surface area contributed by atoms with Crippen molar-refractivity contribution in [2.24, 2.45) is 5.41 Å². The number of carbonyl (C=O) groups is 2. The third-order valence-corrected chi connectivity index (χ3v) is 10.2. The van der Waals surface area contributed by atoms with Crippen LogP contribution in [0.5, 0.6) is 6.01 Å². The van der Waals surface area contributed by atoms with E-state index in [1.165, 1.54) is 25.6 Å². The molecule has 10 nitrogen and oxygen atoms in total. The number of amides is 2. The second-order valence-electron chi connectivity index (χ2n) is 10.5. The Kier molecular flexibility index (Phi) is 6.66. The first-order chi connectivity index (χ1) is 18.8. The summed E-state index contributed by atoms with van der Waals surface area (Å²) in [6, 6.07) is 5.52. The van der Waals surface area contributed by atoms with Crippen molar-refractivity contribution in [2.75, 3.05) is 13.7 Å². The number of halogens is 3. The minimum atomic E-state index is -4.86. The maximum absolute atomic E-state index is 13.7. The number of aromatic nitrogens is 2. The number of aryl methyl sites for hydroxylation is 1. The molecule has 2 atom stereocenters. The smallest absolute Gasteiger partial charge is 0.403 e. The molecule has 5 rings (SSSR count). The van der Waals surface area contributed by atoms with Gasteiger partial charge in [0.1, 0.15) is 11.0 Å². The lowest BCUT2D eigenvalue weighted by molar-refractivity contribution is -0.200. The Hall–Kier alpha value is -3.57. The summed E-state index contributed by atoms with van der Waals surface area (Å²) in [6.07, 6.45) is -2.78. The zero-order chi connectivity index (χ0) is 29.1. The molecule has 2 amide bonds. The van der Waals surface area contributed by atoms with Gasteiger partial charge in [0.05, 0.1) is 29.4 Å². The fourth-order valence-electron chi connectivity index (χ4n) is 5.15. The lowest BCUT2D eigenvalue weighted by Gasteiger charge is -2.32. The highest BCUT2D eigenvalue weighted by Gasteiger charge is 2.72. The Bertz CT molecular complexity index is 1510. The quantitative estimate of drug-likeness (QED) is 0.492. The molecular formula is C26H26F3N5O5S. The van der Waals surface area contributed by atoms with Crippen LogP contribution in [0.2, 0.25) is 0 Å². The number of hydrogen-bond acceptors (Lipinski definition) is 9. The molecule has 0 spiro atoms. The summed E-state index contributed by atoms with van der Waals surface area (Å²) < 4.78 is 73.2. The molecule has 14 heteroatoms. The molecule has 1 aromatic carbocycles. The van der Waals surface area contributed by atoms with Crippen LogP contribution >= 0.6 is 0 Å². The van der Waals surface area contributed by atoms with Crippen molar-refractivity contribution in [1.29, 1.82) is 5.26 Å². The Morgan fingerprint density at radius 1 is 1.15 bits per heavy atom. The van der Waals surface area contributed by atoms with Gasteiger partial charge in [0.15, 0.2) is 9.84 Å². The second kappa shape index (κ2) is 9.52. The molecule has 3 aliphatic rings. The standard InChI is InChI=1S/C26H26F3N5O5S/c1-15-9-16(17-11-32-23(39-2)33-12-17)3-4-20(15)40(37,38)18-10-19(31-13-18)21(35)34(24(14-30)5-6-24)22(36)25(7-8-25)26(27,28)29/h3-4,9,11-12,18-19,31H,5-8,10,13H2,1-2H3/t18-,19+/m1/s1. The number of nitriles is 1. The van der Waals surface area contributed by atoms with Gasteiger partial charge in [-0.15, -0.1) is 0 Å². The summed E-state index contributed by atoms with van der Waals surface area (Å²) in [5, 5.41) is 11.4. The molecule has 1 aromatic heterocycles. The van der Waals surface area contributed by atoms with Crippen molar-refractivity contribution in [3.63, 3.8) is 0 Å². The lowest BCUT2D eigenvalue weighted by Crippen LogP contribution is -2.56. The highest BCUT2D eigenvalue weighted by atomic mass is 32.2. The van der Waals surface area contributed by atoms with E-state index in [4.69, 9.17) is 4.74 Å². The third kappa shape index (κ3) is 4.50. The van der Waals surface area contributed by atoms with Crippen molar-refractivity contribution in [2.45, 2.75) is 66.9 Å². The topological polar surface area (TPSA) is 142 Å². The molecule has 1 N–H and O–H groups in total. The average Bonchev–Trinajstić information content (AvgIpc) is 3.84. The highest BCUT2D eigenvalue weighted by molar-refractivity contribution is 7.92. The van der Waals surface area contributed by atoms with Gasteiger partial charge in [0.25, 0.3) is 0 Å². The van der Waals surface area contributed by atoms with Crippen LogP contribution in [-0.2, 0) is 19.4 Å². The second-order valence-corrected chi connectivity index (χ2v) is 12.7. The Labute approximate surface area is 228 Å². The molecule has 0 radical (unpaired) electrons. The minimum absolute atomic E-state index is 0.0446. The fourth-order valence-corrected chi connectivity index (χ4v) is 7.03. The number of rotatable bonds is 7. The van der Waals surface area contributed by atoms with Crippen molar-refractivity contribution < 1.29 is 35.9 Å². The van der Waals surface area contributed by atoms with E-state index < -0.39 is 62.9 Å². The van der Waals surface area contributed by atoms with E-state index in [0.29, 0.717) is 21.6 Å². The van der Waals surface area contributed by atoms with Crippen LogP contribution in [0.1, 0.15) is 37.7 Å². The van der Waals surface area contributed by atoms with Crippen LogP contribution < -0.4 is 10.1 Å². The zero-order valence-electron chi connectivity index (χ0n) is 21.7. The summed E-state index contributed by atoms with van der Waals surface area (Å²) in [4.78, 5) is 35.2. The molecular weight excluding hydrogens is 551 g/mol. The molecule has 2 saturated carbocycles. The van der Waals surface area contributed by atoms with Gasteiger partial charge >= 0.3 is 12.2 Å². The van der Waals surface area contributed by atoms with Gasteiger partial charge in [-0.05, 0) is 56.2 Å². The summed E-state index contributed by atoms with van der Waals surface area (Å²) in [7, 11) is -2.54. The maximum Gasteiger partial charge on any atom is 0.403 e. The van der Waals surface area contributed by atoms with Gasteiger partial charge in [-0.25, -0.2) is 18.4 Å². The van der Waals surface area contributed by atoms with E-state index in [1.54, 1.807) is 19.1 Å². The predicted octanol–water partition coefficient (Wildman–Crippen LogP) is 2.72. The first-order valence-corrected chi connectivity index (χ1v) is 14.2. The molecule has 1 aliphatic heterocycles. The monoisotopic (exact) mass is 577 g/mol. The Morgan fingerprint density at radius 3 is 2.30 bits per heavy atom. The number of alkyl halides is 3. The van der Waals surface area contributed by atoms with Crippen LogP contribution in [0.4, 0.5) is 13.2 Å². The normalized spacial score (nSPS) is 22.7. The summed E-state index contributed by atoms with van der Waals surface area (Å²) in [5.74, 6) is -2.42. The van der Waals surface area contributed by atoms with Crippen LogP contribution in [0.15, 0.2) is 35.5 Å². The Balaban J connectivity index is 1.36. The van der Waals surface area contributed by atoms with Gasteiger partial charge in [-0.2, -0.15) is 18.4 Å². The van der Waals surface area contributed by atoms with Crippen LogP contribution in [0.3, 0.4) is 0 Å². The molecule has 3 fully saturated rings. The van der Waals surface area contributed by atoms with E-state index in [9.17, 15) is 36.4 Å². The van der Waals surface area contributed by atoms with Crippen molar-refractivity contribution in [3.8, 4) is 23.2 Å². The van der Waals surface area contributed by atoms with Gasteiger partial charge in [0.2, 0.25) is 11.8 Å². The summed E-state index contributed by atoms with van der Waals surface area (Å²) >= 11 is 0. The largest absolute Gasteiger partial charge is 0.467 e. The van der Waals surface area contributed by atoms with E-state index in [1.807, 2.05) is 6.07 Å². The number of nitrogens with one attached hydrogen (secondary N) is 1. The van der Waals surface area contributed by atoms with Gasteiger partial charge in [0, 0.05) is 24.5 Å². The van der Waals surface area contributed by atoms with Crippen LogP contribution in [0.25, 0.3) is 11.1 Å². The molecule has 0 unspecified atom stereocenters. The first-order valence-electron chi connectivity index (χ1n) is 12.6. The molecule has 2 heterocycles. The minimum Gasteiger partial charge on any atom is -0.467 e. The molecule has 0 bridgehead atoms. The van der Waals surface area contributed by atoms with E-state index in [2.05, 4.69) is 15.3 Å². The number of nitrogens with zero attached hydrogens (tertiary/aromatic N) is 4. The molecule has 2 aliphatic carbocycles. The van der Waals surface area contributed by atoms with Gasteiger partial charge < -0.3 is 10.1 Å². The van der Waals surface area contributed by atoms with Gasteiger partial charge in [-0.3, -0.25) is 14.5 Å². The number of sulfone groups is 1. The van der Waals surface area contributed by atoms with E-state index in [0.717, 1.165) is 0 Å². The summed E-state index contributed by atoms with van der Waals surface area (Å²) in [5.41, 5.74) is -2.54. The number of benzene rings is 1. The van der Waals surface area contributed by atoms with E-state index >= 15 is 0 Å². The Morgan fingerprint density at radius 2 is 1.80 bits per heavy atom. The number of imide groups is 1. The maximum atomic E-state index is 13.7. The number of hydrogen-bond donors (Lipinski definition) is 1. The van der Waals surface area contributed by atoms with Crippen LogP contribution in [-0.4, -0.2) is 71.8 Å². The fraction of sp³-hybridized carbons (Fsp3) is 0.500. The van der Waals surface area contributed by atoms with Crippen LogP contribution in [0, 0.1) is 23.7 Å².